The summed E-state index contributed by atoms with van der Waals surface area (Å²) >= 11 is 0. The molecular weight excluding hydrogens is 296 g/mol. The van der Waals surface area contributed by atoms with Gasteiger partial charge in [-0.2, -0.15) is 0 Å². The Morgan fingerprint density at radius 2 is 0.958 bits per heavy atom. The second kappa shape index (κ2) is 20.3. The van der Waals surface area contributed by atoms with Crippen LogP contribution in [0.4, 0.5) is 0 Å². The topological polar surface area (TPSA) is 26.3 Å². The van der Waals surface area contributed by atoms with Gasteiger partial charge < -0.3 is 4.74 Å². The number of esters is 1. The minimum absolute atomic E-state index is 0.302. The number of carbonyl (C=O) groups is 1. The summed E-state index contributed by atoms with van der Waals surface area (Å²) in [6.07, 6.45) is 23.9. The molecule has 0 aliphatic rings. The maximum atomic E-state index is 10.8. The van der Waals surface area contributed by atoms with Crippen LogP contribution in [-0.4, -0.2) is 12.6 Å². The van der Waals surface area contributed by atoms with E-state index in [2.05, 4.69) is 13.5 Å². The number of hydrogen-bond acceptors (Lipinski definition) is 2. The molecule has 0 spiro atoms. The molecule has 141 valence electrons. The Kier molecular flexibility index (Phi) is 19.6. The molecule has 1 radical (unpaired) electrons. The smallest absolute Gasteiger partial charge is 0.330 e. The molecule has 0 heterocycles. The van der Waals surface area contributed by atoms with Gasteiger partial charge in [-0.05, 0) is 6.42 Å². The van der Waals surface area contributed by atoms with E-state index in [1.807, 2.05) is 0 Å². The van der Waals surface area contributed by atoms with E-state index in [1.54, 1.807) is 0 Å². The second-order valence-electron chi connectivity index (χ2n) is 6.88. The van der Waals surface area contributed by atoms with E-state index in [1.165, 1.54) is 102 Å². The van der Waals surface area contributed by atoms with E-state index in [9.17, 15) is 4.79 Å². The third kappa shape index (κ3) is 19.3. The predicted octanol–water partition coefficient (Wildman–Crippen LogP) is 7.18. The van der Waals surface area contributed by atoms with Gasteiger partial charge in [0.15, 0.2) is 0 Å². The van der Waals surface area contributed by atoms with Crippen LogP contribution < -0.4 is 0 Å². The summed E-state index contributed by atoms with van der Waals surface area (Å²) in [5.74, 6) is -0.302. The van der Waals surface area contributed by atoms with Gasteiger partial charge in [0.05, 0.1) is 6.61 Å². The van der Waals surface area contributed by atoms with Gasteiger partial charge in [0, 0.05) is 6.08 Å². The molecule has 2 nitrogen and oxygen atoms in total. The van der Waals surface area contributed by atoms with Gasteiger partial charge in [0.1, 0.15) is 0 Å². The highest BCUT2D eigenvalue weighted by atomic mass is 16.5. The molecule has 0 saturated carbocycles. The van der Waals surface area contributed by atoms with Crippen molar-refractivity contribution in [2.45, 2.75) is 109 Å². The van der Waals surface area contributed by atoms with E-state index in [-0.39, 0.29) is 5.97 Å². The largest absolute Gasteiger partial charge is 0.463 e. The Bertz CT molecular complexity index is 273. The van der Waals surface area contributed by atoms with Crippen LogP contribution in [0.15, 0.2) is 12.7 Å². The lowest BCUT2D eigenvalue weighted by Gasteiger charge is -2.04. The van der Waals surface area contributed by atoms with Crippen LogP contribution in [0.25, 0.3) is 0 Å². The van der Waals surface area contributed by atoms with Crippen molar-refractivity contribution in [3.63, 3.8) is 0 Å². The first-order valence-corrected chi connectivity index (χ1v) is 10.4. The average Bonchev–Trinajstić information content (AvgIpc) is 2.60. The van der Waals surface area contributed by atoms with Gasteiger partial charge in [-0.15, -0.1) is 0 Å². The lowest BCUT2D eigenvalue weighted by Crippen LogP contribution is -2.01. The van der Waals surface area contributed by atoms with Gasteiger partial charge >= 0.3 is 5.97 Å². The molecule has 0 atom stereocenters. The van der Waals surface area contributed by atoms with Crippen molar-refractivity contribution in [1.29, 1.82) is 0 Å². The highest BCUT2D eigenvalue weighted by Gasteiger charge is 1.96. The van der Waals surface area contributed by atoms with Crippen molar-refractivity contribution in [2.24, 2.45) is 0 Å². The van der Waals surface area contributed by atoms with Crippen molar-refractivity contribution >= 4 is 5.97 Å². The number of ether oxygens (including phenoxy) is 1. The predicted molar refractivity (Wildman–Crippen MR) is 105 cm³/mol. The van der Waals surface area contributed by atoms with E-state index < -0.39 is 0 Å². The van der Waals surface area contributed by atoms with Crippen molar-refractivity contribution in [1.82, 2.24) is 0 Å². The zero-order valence-electron chi connectivity index (χ0n) is 16.0. The van der Waals surface area contributed by atoms with Gasteiger partial charge in [0.2, 0.25) is 0 Å². The van der Waals surface area contributed by atoms with Crippen LogP contribution in [-0.2, 0) is 9.53 Å². The minimum Gasteiger partial charge on any atom is -0.463 e. The maximum absolute atomic E-state index is 10.8. The second-order valence-corrected chi connectivity index (χ2v) is 6.88. The average molecular weight is 338 g/mol. The fourth-order valence-electron chi connectivity index (χ4n) is 2.99. The molecule has 0 aromatic rings. The summed E-state index contributed by atoms with van der Waals surface area (Å²) in [6.45, 7) is 7.81. The zero-order valence-corrected chi connectivity index (χ0v) is 16.0. The third-order valence-electron chi connectivity index (χ3n) is 4.56. The van der Waals surface area contributed by atoms with Crippen LogP contribution in [0.1, 0.15) is 109 Å². The van der Waals surface area contributed by atoms with Crippen LogP contribution in [0, 0.1) is 6.92 Å². The molecule has 2 heteroatoms. The maximum Gasteiger partial charge on any atom is 0.330 e. The number of carbonyl (C=O) groups excluding carboxylic acids is 1. The molecule has 0 bridgehead atoms. The summed E-state index contributed by atoms with van der Waals surface area (Å²) in [5, 5.41) is 0. The highest BCUT2D eigenvalue weighted by Crippen LogP contribution is 2.13. The third-order valence-corrected chi connectivity index (χ3v) is 4.56. The Balaban J connectivity index is 3.00. The summed E-state index contributed by atoms with van der Waals surface area (Å²) in [4.78, 5) is 10.8. The van der Waals surface area contributed by atoms with Gasteiger partial charge in [-0.25, -0.2) is 4.79 Å². The quantitative estimate of drug-likeness (QED) is 0.142. The van der Waals surface area contributed by atoms with Crippen LogP contribution in [0.5, 0.6) is 0 Å². The van der Waals surface area contributed by atoms with E-state index in [0.717, 1.165) is 12.8 Å². The van der Waals surface area contributed by atoms with Crippen LogP contribution in [0.3, 0.4) is 0 Å². The fourth-order valence-corrected chi connectivity index (χ4v) is 2.99. The number of unbranched alkanes of at least 4 members (excludes halogenated alkanes) is 16. The standard InChI is InChI=1S/C22H41O2/c1-3-5-6-7-8-9-10-11-12-13-14-15-16-17-18-19-20-21-24-22(23)4-2/h4H,1-3,5-21H2. The normalized spacial score (nSPS) is 10.7. The molecule has 0 aliphatic heterocycles. The summed E-state index contributed by atoms with van der Waals surface area (Å²) in [5.41, 5.74) is 0. The van der Waals surface area contributed by atoms with E-state index in [4.69, 9.17) is 4.74 Å². The molecule has 0 aromatic carbocycles. The Hall–Kier alpha value is -0.790. The first-order valence-electron chi connectivity index (χ1n) is 10.4. The summed E-state index contributed by atoms with van der Waals surface area (Å²) in [6, 6.07) is 0. The molecule has 0 unspecified atom stereocenters. The Morgan fingerprint density at radius 1 is 0.625 bits per heavy atom. The highest BCUT2D eigenvalue weighted by molar-refractivity contribution is 5.81. The molecule has 0 fully saturated rings. The van der Waals surface area contributed by atoms with Crippen molar-refractivity contribution < 1.29 is 9.53 Å². The lowest BCUT2D eigenvalue weighted by molar-refractivity contribution is -0.137. The SMILES string of the molecule is [CH2]CCCCCCCCCCCCCCCCCCOC(=O)C=C. The van der Waals surface area contributed by atoms with Crippen LogP contribution >= 0.6 is 0 Å². The number of rotatable bonds is 19. The van der Waals surface area contributed by atoms with Crippen molar-refractivity contribution in [3.8, 4) is 0 Å². The molecule has 24 heavy (non-hydrogen) atoms. The molecule has 0 N–H and O–H groups in total. The molecular formula is C22H41O2. The van der Waals surface area contributed by atoms with E-state index >= 15 is 0 Å². The van der Waals surface area contributed by atoms with Crippen LogP contribution in [0.2, 0.25) is 0 Å². The lowest BCUT2D eigenvalue weighted by atomic mass is 10.0. The zero-order chi connectivity index (χ0) is 17.7. The summed E-state index contributed by atoms with van der Waals surface area (Å²) in [7, 11) is 0. The Labute approximate surface area is 151 Å². The molecule has 0 rings (SSSR count). The van der Waals surface area contributed by atoms with Gasteiger partial charge in [0.25, 0.3) is 0 Å². The van der Waals surface area contributed by atoms with Crippen molar-refractivity contribution in [2.75, 3.05) is 6.61 Å². The fraction of sp³-hybridized carbons (Fsp3) is 0.818. The van der Waals surface area contributed by atoms with Gasteiger partial charge in [-0.1, -0.05) is 116 Å². The summed E-state index contributed by atoms with van der Waals surface area (Å²) < 4.78 is 4.96. The molecule has 0 aliphatic carbocycles. The molecule has 0 aromatic heterocycles. The van der Waals surface area contributed by atoms with Crippen molar-refractivity contribution in [3.05, 3.63) is 19.6 Å². The van der Waals surface area contributed by atoms with E-state index in [0.29, 0.717) is 6.61 Å². The van der Waals surface area contributed by atoms with Gasteiger partial charge in [-0.3, -0.25) is 0 Å². The minimum atomic E-state index is -0.302. The Morgan fingerprint density at radius 3 is 1.29 bits per heavy atom. The molecule has 0 amide bonds. The first-order chi connectivity index (χ1) is 11.8. The monoisotopic (exact) mass is 337 g/mol. The first kappa shape index (κ1) is 23.2. The molecule has 0 saturated heterocycles. The number of hydrogen-bond donors (Lipinski definition) is 0.